The zero-order valence-corrected chi connectivity index (χ0v) is 16.6. The lowest BCUT2D eigenvalue weighted by Gasteiger charge is -2.13. The maximum absolute atomic E-state index is 12.5. The maximum Gasteiger partial charge on any atom is 0.255 e. The smallest absolute Gasteiger partial charge is 0.255 e. The third-order valence-electron chi connectivity index (χ3n) is 4.14. The Hall–Kier alpha value is -3.22. The third-order valence-corrected chi connectivity index (χ3v) is 4.14. The zero-order chi connectivity index (χ0) is 20.5. The van der Waals surface area contributed by atoms with E-state index in [0.717, 1.165) is 12.8 Å². The lowest BCUT2D eigenvalue weighted by Crippen LogP contribution is -2.14. The molecule has 2 aromatic carbocycles. The van der Waals surface area contributed by atoms with Crippen LogP contribution >= 0.6 is 0 Å². The summed E-state index contributed by atoms with van der Waals surface area (Å²) in [5.74, 6) is 1.11. The molecule has 7 heteroatoms. The van der Waals surface area contributed by atoms with E-state index in [1.165, 1.54) is 21.3 Å². The highest BCUT2D eigenvalue weighted by Gasteiger charge is 2.13. The van der Waals surface area contributed by atoms with Gasteiger partial charge in [-0.1, -0.05) is 13.3 Å². The van der Waals surface area contributed by atoms with Crippen LogP contribution in [-0.2, 0) is 4.79 Å². The predicted molar refractivity (Wildman–Crippen MR) is 109 cm³/mol. The van der Waals surface area contributed by atoms with Gasteiger partial charge in [0.05, 0.1) is 27.0 Å². The fraction of sp³-hybridized carbons (Fsp3) is 0.333. The van der Waals surface area contributed by atoms with Crippen LogP contribution < -0.4 is 24.8 Å². The van der Waals surface area contributed by atoms with Crippen molar-refractivity contribution in [3.8, 4) is 17.2 Å². The molecule has 2 rings (SSSR count). The summed E-state index contributed by atoms with van der Waals surface area (Å²) in [7, 11) is 4.56. The van der Waals surface area contributed by atoms with Crippen LogP contribution in [0.5, 0.6) is 17.2 Å². The van der Waals surface area contributed by atoms with Crippen molar-refractivity contribution >= 4 is 23.2 Å². The van der Waals surface area contributed by atoms with Crippen molar-refractivity contribution in [1.82, 2.24) is 0 Å². The number of carbonyl (C=O) groups is 2. The fourth-order valence-corrected chi connectivity index (χ4v) is 2.60. The maximum atomic E-state index is 12.5. The van der Waals surface area contributed by atoms with Gasteiger partial charge in [0, 0.05) is 23.7 Å². The number of rotatable bonds is 9. The molecule has 150 valence electrons. The Morgan fingerprint density at radius 2 is 1.57 bits per heavy atom. The topological polar surface area (TPSA) is 85.9 Å². The molecule has 28 heavy (non-hydrogen) atoms. The summed E-state index contributed by atoms with van der Waals surface area (Å²) in [6.45, 7) is 2.03. The monoisotopic (exact) mass is 386 g/mol. The quantitative estimate of drug-likeness (QED) is 0.678. The highest BCUT2D eigenvalue weighted by atomic mass is 16.5. The fourth-order valence-electron chi connectivity index (χ4n) is 2.60. The van der Waals surface area contributed by atoms with Gasteiger partial charge in [0.1, 0.15) is 5.75 Å². The Labute approximate surface area is 165 Å². The average molecular weight is 386 g/mol. The molecule has 2 amide bonds. The molecule has 0 saturated heterocycles. The number of methoxy groups -OCH3 is 3. The van der Waals surface area contributed by atoms with E-state index in [1.54, 1.807) is 36.4 Å². The van der Waals surface area contributed by atoms with Gasteiger partial charge < -0.3 is 24.8 Å². The first kappa shape index (κ1) is 21.1. The minimum Gasteiger partial charge on any atom is -0.494 e. The number of hydrogen-bond donors (Lipinski definition) is 2. The molecule has 7 nitrogen and oxygen atoms in total. The van der Waals surface area contributed by atoms with E-state index in [-0.39, 0.29) is 11.8 Å². The van der Waals surface area contributed by atoms with Crippen LogP contribution in [0.25, 0.3) is 0 Å². The first-order valence-corrected chi connectivity index (χ1v) is 9.03. The Balaban J connectivity index is 2.13. The standard InChI is InChI=1S/C21H26N2O5/c1-5-6-7-20(24)23-16-10-9-15(13-18(16)27-3)22-21(25)14-8-11-17(26-2)19(12-14)28-4/h8-13H,5-7H2,1-4H3,(H,22,25)(H,23,24). The van der Waals surface area contributed by atoms with Gasteiger partial charge in [-0.05, 0) is 36.8 Å². The number of ether oxygens (including phenoxy) is 3. The molecule has 0 saturated carbocycles. The first-order chi connectivity index (χ1) is 13.5. The van der Waals surface area contributed by atoms with Crippen LogP contribution in [0.4, 0.5) is 11.4 Å². The summed E-state index contributed by atoms with van der Waals surface area (Å²) in [6.07, 6.45) is 2.23. The normalized spacial score (nSPS) is 10.1. The molecule has 0 radical (unpaired) electrons. The molecule has 0 heterocycles. The number of hydrogen-bond acceptors (Lipinski definition) is 5. The Bertz CT molecular complexity index is 836. The van der Waals surface area contributed by atoms with Gasteiger partial charge in [0.2, 0.25) is 5.91 Å². The lowest BCUT2D eigenvalue weighted by molar-refractivity contribution is -0.116. The van der Waals surface area contributed by atoms with Gasteiger partial charge in [0.15, 0.2) is 11.5 Å². The van der Waals surface area contributed by atoms with Crippen molar-refractivity contribution in [2.24, 2.45) is 0 Å². The highest BCUT2D eigenvalue weighted by Crippen LogP contribution is 2.30. The molecule has 0 aromatic heterocycles. The molecule has 0 aliphatic heterocycles. The van der Waals surface area contributed by atoms with Crippen molar-refractivity contribution in [2.45, 2.75) is 26.2 Å². The van der Waals surface area contributed by atoms with E-state index in [1.807, 2.05) is 6.92 Å². The van der Waals surface area contributed by atoms with Crippen LogP contribution in [-0.4, -0.2) is 33.1 Å². The number of unbranched alkanes of at least 4 members (excludes halogenated alkanes) is 1. The van der Waals surface area contributed by atoms with Crippen LogP contribution in [0.3, 0.4) is 0 Å². The Morgan fingerprint density at radius 3 is 2.21 bits per heavy atom. The van der Waals surface area contributed by atoms with Gasteiger partial charge in [-0.3, -0.25) is 9.59 Å². The second-order valence-corrected chi connectivity index (χ2v) is 6.09. The average Bonchev–Trinajstić information content (AvgIpc) is 2.72. The van der Waals surface area contributed by atoms with Crippen molar-refractivity contribution in [3.63, 3.8) is 0 Å². The summed E-state index contributed by atoms with van der Waals surface area (Å²) in [6, 6.07) is 9.99. The van der Waals surface area contributed by atoms with Crippen molar-refractivity contribution in [1.29, 1.82) is 0 Å². The number of nitrogens with one attached hydrogen (secondary N) is 2. The second kappa shape index (κ2) is 10.2. The third kappa shape index (κ3) is 5.39. The van der Waals surface area contributed by atoms with Gasteiger partial charge in [0.25, 0.3) is 5.91 Å². The summed E-state index contributed by atoms with van der Waals surface area (Å²) in [4.78, 5) is 24.5. The first-order valence-electron chi connectivity index (χ1n) is 9.03. The predicted octanol–water partition coefficient (Wildman–Crippen LogP) is 4.09. The van der Waals surface area contributed by atoms with E-state index >= 15 is 0 Å². The molecule has 0 aliphatic rings. The molecule has 0 bridgehead atoms. The Kier molecular flexibility index (Phi) is 7.68. The zero-order valence-electron chi connectivity index (χ0n) is 16.6. The van der Waals surface area contributed by atoms with Crippen molar-refractivity contribution in [3.05, 3.63) is 42.0 Å². The summed E-state index contributed by atoms with van der Waals surface area (Å²) in [5, 5.41) is 5.64. The molecule has 0 atom stereocenters. The Morgan fingerprint density at radius 1 is 0.857 bits per heavy atom. The molecular weight excluding hydrogens is 360 g/mol. The molecule has 0 fully saturated rings. The van der Waals surface area contributed by atoms with Gasteiger partial charge in [-0.15, -0.1) is 0 Å². The highest BCUT2D eigenvalue weighted by molar-refractivity contribution is 6.05. The summed E-state index contributed by atoms with van der Waals surface area (Å²) >= 11 is 0. The number of amides is 2. The lowest BCUT2D eigenvalue weighted by atomic mass is 10.1. The minimum atomic E-state index is -0.303. The van der Waals surface area contributed by atoms with E-state index in [2.05, 4.69) is 10.6 Å². The molecule has 0 unspecified atom stereocenters. The van der Waals surface area contributed by atoms with Crippen molar-refractivity contribution in [2.75, 3.05) is 32.0 Å². The molecular formula is C21H26N2O5. The van der Waals surface area contributed by atoms with Crippen LogP contribution in [0.15, 0.2) is 36.4 Å². The van der Waals surface area contributed by atoms with Crippen molar-refractivity contribution < 1.29 is 23.8 Å². The molecule has 0 spiro atoms. The molecule has 2 aromatic rings. The minimum absolute atomic E-state index is 0.0673. The second-order valence-electron chi connectivity index (χ2n) is 6.09. The number of benzene rings is 2. The van der Waals surface area contributed by atoms with E-state index in [9.17, 15) is 9.59 Å². The SMILES string of the molecule is CCCCC(=O)Nc1ccc(NC(=O)c2ccc(OC)c(OC)c2)cc1OC. The summed E-state index contributed by atoms with van der Waals surface area (Å²) in [5.41, 5.74) is 1.53. The van der Waals surface area contributed by atoms with Crippen LogP contribution in [0.2, 0.25) is 0 Å². The largest absolute Gasteiger partial charge is 0.494 e. The van der Waals surface area contributed by atoms with E-state index in [4.69, 9.17) is 14.2 Å². The van der Waals surface area contributed by atoms with Crippen LogP contribution in [0.1, 0.15) is 36.5 Å². The molecule has 2 N–H and O–H groups in total. The van der Waals surface area contributed by atoms with E-state index in [0.29, 0.717) is 40.6 Å². The number of anilines is 2. The van der Waals surface area contributed by atoms with Gasteiger partial charge >= 0.3 is 0 Å². The summed E-state index contributed by atoms with van der Waals surface area (Å²) < 4.78 is 15.8. The van der Waals surface area contributed by atoms with Gasteiger partial charge in [-0.2, -0.15) is 0 Å². The van der Waals surface area contributed by atoms with Crippen LogP contribution in [0, 0.1) is 0 Å². The van der Waals surface area contributed by atoms with E-state index < -0.39 is 0 Å². The van der Waals surface area contributed by atoms with Gasteiger partial charge in [-0.25, -0.2) is 0 Å². The molecule has 0 aliphatic carbocycles. The number of carbonyl (C=O) groups excluding carboxylic acids is 2.